The first-order chi connectivity index (χ1) is 16.7. The van der Waals surface area contributed by atoms with E-state index in [1.54, 1.807) is 0 Å². The highest BCUT2D eigenvalue weighted by Crippen LogP contribution is 2.42. The van der Waals surface area contributed by atoms with Gasteiger partial charge in [0.15, 0.2) is 5.82 Å². The summed E-state index contributed by atoms with van der Waals surface area (Å²) in [6.07, 6.45) is 6.68. The Bertz CT molecular complexity index is 1240. The van der Waals surface area contributed by atoms with Crippen molar-refractivity contribution in [2.45, 2.75) is 70.9 Å². The highest BCUT2D eigenvalue weighted by atomic mass is 19.1. The van der Waals surface area contributed by atoms with Crippen LogP contribution < -0.4 is 15.5 Å². The number of pyridine rings is 1. The lowest BCUT2D eigenvalue weighted by Gasteiger charge is -2.26. The topological polar surface area (TPSA) is 101 Å². The monoisotopic (exact) mass is 478 g/mol. The second-order valence-corrected chi connectivity index (χ2v) is 10.2. The highest BCUT2D eigenvalue weighted by molar-refractivity contribution is 5.97. The zero-order valence-electron chi connectivity index (χ0n) is 20.5. The Morgan fingerprint density at radius 2 is 2.06 bits per heavy atom. The summed E-state index contributed by atoms with van der Waals surface area (Å²) in [7, 11) is 0. The van der Waals surface area contributed by atoms with Gasteiger partial charge in [-0.05, 0) is 51.7 Å². The van der Waals surface area contributed by atoms with Crippen LogP contribution >= 0.6 is 0 Å². The molecular weight excluding hydrogens is 447 g/mol. The van der Waals surface area contributed by atoms with E-state index in [0.29, 0.717) is 24.6 Å². The fraction of sp³-hybridized carbons (Fsp3) is 0.480. The van der Waals surface area contributed by atoms with Gasteiger partial charge in [0.1, 0.15) is 11.9 Å². The largest absolute Gasteiger partial charge is 0.329 e. The Balaban J connectivity index is 1.45. The molecule has 9 nitrogen and oxygen atoms in total. The van der Waals surface area contributed by atoms with Crippen LogP contribution in [-0.2, 0) is 16.6 Å². The van der Waals surface area contributed by atoms with Crippen LogP contribution in [0.4, 0.5) is 27.7 Å². The minimum absolute atomic E-state index is 0.0853. The van der Waals surface area contributed by atoms with E-state index in [0.717, 1.165) is 42.2 Å². The molecule has 1 atom stereocenters. The average molecular weight is 479 g/mol. The summed E-state index contributed by atoms with van der Waals surface area (Å²) in [5, 5.41) is 10.9. The van der Waals surface area contributed by atoms with Crippen molar-refractivity contribution in [1.82, 2.24) is 24.7 Å². The Hall–Kier alpha value is -3.56. The molecule has 5 rings (SSSR count). The third kappa shape index (κ3) is 4.56. The zero-order chi connectivity index (χ0) is 24.7. The molecule has 1 aliphatic carbocycles. The number of fused-ring (bicyclic) bond motifs is 1. The maximum Gasteiger partial charge on any atom is 0.247 e. The van der Waals surface area contributed by atoms with Gasteiger partial charge in [-0.3, -0.25) is 9.48 Å². The number of anilines is 4. The van der Waals surface area contributed by atoms with E-state index >= 15 is 0 Å². The van der Waals surface area contributed by atoms with Gasteiger partial charge in [-0.1, -0.05) is 13.8 Å². The van der Waals surface area contributed by atoms with Gasteiger partial charge < -0.3 is 15.5 Å². The molecule has 0 radical (unpaired) electrons. The predicted molar refractivity (Wildman–Crippen MR) is 132 cm³/mol. The number of nitrogens with zero attached hydrogens (tertiary/aromatic N) is 6. The molecule has 0 saturated carbocycles. The van der Waals surface area contributed by atoms with Crippen molar-refractivity contribution in [2.75, 3.05) is 22.1 Å². The smallest absolute Gasteiger partial charge is 0.247 e. The molecule has 1 aliphatic heterocycles. The third-order valence-corrected chi connectivity index (χ3v) is 6.83. The van der Waals surface area contributed by atoms with Crippen LogP contribution in [-0.4, -0.2) is 43.2 Å². The van der Waals surface area contributed by atoms with Gasteiger partial charge >= 0.3 is 0 Å². The van der Waals surface area contributed by atoms with Crippen LogP contribution in [0.1, 0.15) is 64.3 Å². The van der Waals surface area contributed by atoms with Gasteiger partial charge in [0.2, 0.25) is 17.8 Å². The number of nitrogens with one attached hydrogen (secondary N) is 2. The molecule has 4 heterocycles. The summed E-state index contributed by atoms with van der Waals surface area (Å²) in [5.41, 5.74) is 2.50. The number of carbonyl (C=O) groups is 1. The van der Waals surface area contributed by atoms with E-state index in [4.69, 9.17) is 9.97 Å². The summed E-state index contributed by atoms with van der Waals surface area (Å²) in [6, 6.07) is 4.52. The molecule has 35 heavy (non-hydrogen) atoms. The fourth-order valence-electron chi connectivity index (χ4n) is 4.82. The highest BCUT2D eigenvalue weighted by Gasteiger charge is 2.38. The lowest BCUT2D eigenvalue weighted by molar-refractivity contribution is -0.117. The second kappa shape index (κ2) is 8.90. The van der Waals surface area contributed by atoms with Gasteiger partial charge in [-0.2, -0.15) is 14.5 Å². The molecule has 2 N–H and O–H groups in total. The van der Waals surface area contributed by atoms with E-state index in [-0.39, 0.29) is 17.4 Å². The van der Waals surface area contributed by atoms with Crippen molar-refractivity contribution in [3.8, 4) is 0 Å². The first-order valence-electron chi connectivity index (χ1n) is 12.1. The SMILES string of the molecule is CC(C)n1ccc(Nc2nc(N3CCC[C@H]3C(=O)Nc3ccc(F)nc3)nc3c2CCC3(C)C)n1. The molecule has 184 valence electrons. The molecule has 1 fully saturated rings. The Morgan fingerprint density at radius 3 is 2.77 bits per heavy atom. The van der Waals surface area contributed by atoms with Crippen LogP contribution in [0.3, 0.4) is 0 Å². The molecule has 3 aromatic heterocycles. The standard InChI is InChI=1S/C25H31FN8O/c1-15(2)34-13-10-20(32-34)29-22-17-9-11-25(3,4)21(17)30-24(31-22)33-12-5-6-18(33)23(35)28-16-7-8-19(26)27-14-16/h7-8,10,13-15,18H,5-6,9,11-12H2,1-4H3,(H,28,35)(H,29,30,31,32)/t18-/m0/s1. The van der Waals surface area contributed by atoms with E-state index in [9.17, 15) is 9.18 Å². The molecule has 10 heteroatoms. The van der Waals surface area contributed by atoms with Crippen molar-refractivity contribution in [3.63, 3.8) is 0 Å². The first kappa shape index (κ1) is 23.2. The van der Waals surface area contributed by atoms with Crippen molar-refractivity contribution in [1.29, 1.82) is 0 Å². The Kier molecular flexibility index (Phi) is 5.90. The molecule has 1 saturated heterocycles. The third-order valence-electron chi connectivity index (χ3n) is 6.83. The minimum atomic E-state index is -0.585. The lowest BCUT2D eigenvalue weighted by atomic mass is 9.91. The van der Waals surface area contributed by atoms with Crippen LogP contribution in [0.5, 0.6) is 0 Å². The Morgan fingerprint density at radius 1 is 1.23 bits per heavy atom. The number of rotatable bonds is 6. The van der Waals surface area contributed by atoms with Crippen LogP contribution in [0.2, 0.25) is 0 Å². The number of carbonyl (C=O) groups excluding carboxylic acids is 1. The molecule has 3 aromatic rings. The number of hydrogen-bond acceptors (Lipinski definition) is 7. The summed E-state index contributed by atoms with van der Waals surface area (Å²) >= 11 is 0. The number of aromatic nitrogens is 5. The molecule has 2 aliphatic rings. The molecule has 0 aromatic carbocycles. The zero-order valence-corrected chi connectivity index (χ0v) is 20.5. The van der Waals surface area contributed by atoms with Gasteiger partial charge in [0, 0.05) is 35.8 Å². The molecule has 1 amide bonds. The summed E-state index contributed by atoms with van der Waals surface area (Å²) in [6.45, 7) is 9.24. The van der Waals surface area contributed by atoms with Crippen LogP contribution in [0.15, 0.2) is 30.6 Å². The number of amides is 1. The summed E-state index contributed by atoms with van der Waals surface area (Å²) in [5.74, 6) is 1.26. The minimum Gasteiger partial charge on any atom is -0.329 e. The van der Waals surface area contributed by atoms with Crippen molar-refractivity contribution < 1.29 is 9.18 Å². The van der Waals surface area contributed by atoms with E-state index < -0.39 is 12.0 Å². The maximum atomic E-state index is 13.2. The van der Waals surface area contributed by atoms with E-state index in [2.05, 4.69) is 48.4 Å². The normalized spacial score (nSPS) is 18.7. The molecular formula is C25H31FN8O. The average Bonchev–Trinajstić information content (AvgIpc) is 3.55. The van der Waals surface area contributed by atoms with Crippen molar-refractivity contribution >= 4 is 29.2 Å². The number of halogens is 1. The predicted octanol–water partition coefficient (Wildman–Crippen LogP) is 4.36. The lowest BCUT2D eigenvalue weighted by Crippen LogP contribution is -2.41. The number of hydrogen-bond donors (Lipinski definition) is 2. The first-order valence-corrected chi connectivity index (χ1v) is 12.1. The Labute approximate surface area is 204 Å². The van der Waals surface area contributed by atoms with Gasteiger partial charge in [0.25, 0.3) is 0 Å². The van der Waals surface area contributed by atoms with Gasteiger partial charge in [0.05, 0.1) is 17.6 Å². The fourth-order valence-corrected chi connectivity index (χ4v) is 4.82. The van der Waals surface area contributed by atoms with Gasteiger partial charge in [-0.15, -0.1) is 0 Å². The second-order valence-electron chi connectivity index (χ2n) is 10.2. The van der Waals surface area contributed by atoms with E-state index in [1.165, 1.54) is 18.3 Å². The van der Waals surface area contributed by atoms with E-state index in [1.807, 2.05) is 21.8 Å². The maximum absolute atomic E-state index is 13.2. The quantitative estimate of drug-likeness (QED) is 0.508. The summed E-state index contributed by atoms with van der Waals surface area (Å²) < 4.78 is 15.1. The van der Waals surface area contributed by atoms with Crippen LogP contribution in [0.25, 0.3) is 0 Å². The molecule has 0 unspecified atom stereocenters. The van der Waals surface area contributed by atoms with Crippen LogP contribution in [0, 0.1) is 5.95 Å². The van der Waals surface area contributed by atoms with Gasteiger partial charge in [-0.25, -0.2) is 9.97 Å². The van der Waals surface area contributed by atoms with Crippen molar-refractivity contribution in [3.05, 3.63) is 47.8 Å². The molecule has 0 spiro atoms. The van der Waals surface area contributed by atoms with Crippen molar-refractivity contribution in [2.24, 2.45) is 0 Å². The molecule has 0 bridgehead atoms. The summed E-state index contributed by atoms with van der Waals surface area (Å²) in [4.78, 5) is 28.6.